The fourth-order valence-electron chi connectivity index (χ4n) is 3.42. The van der Waals surface area contributed by atoms with Gasteiger partial charge < -0.3 is 10.1 Å². The van der Waals surface area contributed by atoms with Gasteiger partial charge in [-0.2, -0.15) is 0 Å². The fraction of sp³-hybridized carbons (Fsp3) is 0.348. The molecule has 2 aromatic rings. The second kappa shape index (κ2) is 10.00. The quantitative estimate of drug-likeness (QED) is 0.385. The van der Waals surface area contributed by atoms with Gasteiger partial charge in [-0.15, -0.1) is 11.3 Å². The number of aryl methyl sites for hydroxylation is 1. The van der Waals surface area contributed by atoms with Gasteiger partial charge in [0.25, 0.3) is 0 Å². The number of carbonyl (C=O) groups is 2. The average Bonchev–Trinajstić information content (AvgIpc) is 3.09. The first-order valence-electron chi connectivity index (χ1n) is 10.0. The van der Waals surface area contributed by atoms with Gasteiger partial charge in [0, 0.05) is 11.0 Å². The second-order valence-corrected chi connectivity index (χ2v) is 9.02. The summed E-state index contributed by atoms with van der Waals surface area (Å²) < 4.78 is 4.96. The number of anilines is 1. The normalized spacial score (nSPS) is 13.2. The molecular weight excluding hydrogens is 416 g/mol. The lowest BCUT2D eigenvalue weighted by Crippen LogP contribution is -2.33. The summed E-state index contributed by atoms with van der Waals surface area (Å²) in [5.41, 5.74) is 3.77. The summed E-state index contributed by atoms with van der Waals surface area (Å²) in [4.78, 5) is 25.7. The van der Waals surface area contributed by atoms with Crippen LogP contribution in [0.3, 0.4) is 0 Å². The molecule has 0 fully saturated rings. The summed E-state index contributed by atoms with van der Waals surface area (Å²) in [6.45, 7) is 4.28. The molecule has 1 aromatic heterocycles. The average molecular weight is 443 g/mol. The van der Waals surface area contributed by atoms with E-state index in [1.54, 1.807) is 6.08 Å². The van der Waals surface area contributed by atoms with Crippen molar-refractivity contribution in [2.45, 2.75) is 45.4 Å². The number of hydrogen-bond acceptors (Lipinski definition) is 5. The summed E-state index contributed by atoms with van der Waals surface area (Å²) >= 11 is 6.80. The molecule has 0 unspecified atom stereocenters. The number of nitrogens with one attached hydrogen (secondary N) is 2. The Bertz CT molecular complexity index is 975. The van der Waals surface area contributed by atoms with Crippen molar-refractivity contribution in [3.63, 3.8) is 0 Å². The van der Waals surface area contributed by atoms with Gasteiger partial charge in [-0.1, -0.05) is 38.1 Å². The molecule has 1 heterocycles. The number of rotatable bonds is 5. The third-order valence-electron chi connectivity index (χ3n) is 5.05. The molecule has 1 aliphatic carbocycles. The van der Waals surface area contributed by atoms with Crippen molar-refractivity contribution < 1.29 is 14.3 Å². The first-order valence-corrected chi connectivity index (χ1v) is 11.2. The zero-order valence-electron chi connectivity index (χ0n) is 17.4. The monoisotopic (exact) mass is 442 g/mol. The van der Waals surface area contributed by atoms with Gasteiger partial charge in [0.2, 0.25) is 5.91 Å². The largest absolute Gasteiger partial charge is 0.465 e. The van der Waals surface area contributed by atoms with E-state index in [9.17, 15) is 9.59 Å². The molecule has 1 aromatic carbocycles. The Morgan fingerprint density at radius 1 is 1.17 bits per heavy atom. The van der Waals surface area contributed by atoms with Gasteiger partial charge in [-0.25, -0.2) is 4.79 Å². The molecule has 0 atom stereocenters. The number of ether oxygens (including phenoxy) is 1. The summed E-state index contributed by atoms with van der Waals surface area (Å²) in [6, 6.07) is 8.08. The Balaban J connectivity index is 1.64. The first kappa shape index (κ1) is 22.2. The van der Waals surface area contributed by atoms with Crippen molar-refractivity contribution in [2.75, 3.05) is 12.4 Å². The molecule has 2 N–H and O–H groups in total. The van der Waals surface area contributed by atoms with Crippen molar-refractivity contribution in [3.05, 3.63) is 57.5 Å². The number of esters is 1. The Morgan fingerprint density at radius 3 is 2.53 bits per heavy atom. The molecule has 7 heteroatoms. The van der Waals surface area contributed by atoms with Crippen molar-refractivity contribution in [1.29, 1.82) is 0 Å². The van der Waals surface area contributed by atoms with Crippen LogP contribution in [-0.2, 0) is 22.4 Å². The molecule has 5 nitrogen and oxygen atoms in total. The maximum absolute atomic E-state index is 12.3. The maximum atomic E-state index is 12.3. The van der Waals surface area contributed by atoms with Crippen LogP contribution in [0.1, 0.15) is 64.5 Å². The van der Waals surface area contributed by atoms with Crippen LogP contribution in [0.2, 0.25) is 0 Å². The van der Waals surface area contributed by atoms with Gasteiger partial charge in [0.05, 0.1) is 12.7 Å². The minimum Gasteiger partial charge on any atom is -0.465 e. The summed E-state index contributed by atoms with van der Waals surface area (Å²) in [5, 5.41) is 6.45. The lowest BCUT2D eigenvalue weighted by atomic mass is 9.95. The number of amides is 1. The fourth-order valence-corrected chi connectivity index (χ4v) is 4.97. The third kappa shape index (κ3) is 5.34. The van der Waals surface area contributed by atoms with E-state index in [-0.39, 0.29) is 17.0 Å². The van der Waals surface area contributed by atoms with Crippen LogP contribution in [0.4, 0.5) is 5.00 Å². The van der Waals surface area contributed by atoms with E-state index < -0.39 is 0 Å². The number of benzene rings is 1. The van der Waals surface area contributed by atoms with E-state index >= 15 is 0 Å². The number of fused-ring (bicyclic) bond motifs is 1. The van der Waals surface area contributed by atoms with E-state index in [0.717, 1.165) is 36.8 Å². The number of methoxy groups -OCH3 is 1. The van der Waals surface area contributed by atoms with Gasteiger partial charge in [0.15, 0.2) is 5.11 Å². The first-order chi connectivity index (χ1) is 14.4. The highest BCUT2D eigenvalue weighted by molar-refractivity contribution is 7.80. The number of hydrogen-bond donors (Lipinski definition) is 2. The molecule has 1 aliphatic rings. The highest BCUT2D eigenvalue weighted by Crippen LogP contribution is 2.38. The second-order valence-electron chi connectivity index (χ2n) is 7.50. The standard InChI is InChI=1S/C23H26N2O3S2/c1-14(2)16-11-8-15(9-12-16)10-13-19(26)24-23(29)25-21-20(22(27)28-3)17-6-4-5-7-18(17)30-21/h8-14H,4-7H2,1-3H3,(H2,24,25,26,29). The molecular formula is C23H26N2O3S2. The third-order valence-corrected chi connectivity index (χ3v) is 6.47. The number of thiophene rings is 1. The van der Waals surface area contributed by atoms with Crippen molar-refractivity contribution >= 4 is 51.6 Å². The van der Waals surface area contributed by atoms with Crippen molar-refractivity contribution in [2.24, 2.45) is 0 Å². The van der Waals surface area contributed by atoms with Crippen LogP contribution in [0.15, 0.2) is 30.3 Å². The van der Waals surface area contributed by atoms with Gasteiger partial charge >= 0.3 is 5.97 Å². The zero-order valence-corrected chi connectivity index (χ0v) is 19.0. The van der Waals surface area contributed by atoms with E-state index in [4.69, 9.17) is 17.0 Å². The number of thiocarbonyl (C=S) groups is 1. The van der Waals surface area contributed by atoms with Gasteiger partial charge in [-0.05, 0) is 66.6 Å². The summed E-state index contributed by atoms with van der Waals surface area (Å²) in [5.74, 6) is -0.246. The molecule has 158 valence electrons. The SMILES string of the molecule is COC(=O)c1c(NC(=S)NC(=O)C=Cc2ccc(C(C)C)cc2)sc2c1CCCC2. The maximum Gasteiger partial charge on any atom is 0.341 e. The minimum absolute atomic E-state index is 0.156. The van der Waals surface area contributed by atoms with Gasteiger partial charge in [0.1, 0.15) is 5.00 Å². The van der Waals surface area contributed by atoms with Crippen molar-refractivity contribution in [3.8, 4) is 0 Å². The molecule has 0 aliphatic heterocycles. The van der Waals surface area contributed by atoms with E-state index in [1.807, 2.05) is 12.1 Å². The molecule has 30 heavy (non-hydrogen) atoms. The number of carbonyl (C=O) groups excluding carboxylic acids is 2. The van der Waals surface area contributed by atoms with Crippen LogP contribution in [-0.4, -0.2) is 24.1 Å². The summed E-state index contributed by atoms with van der Waals surface area (Å²) in [7, 11) is 1.37. The Kier molecular flexibility index (Phi) is 7.39. The highest BCUT2D eigenvalue weighted by atomic mass is 32.1. The van der Waals surface area contributed by atoms with Crippen LogP contribution in [0, 0.1) is 0 Å². The molecule has 0 saturated heterocycles. The minimum atomic E-state index is -0.379. The van der Waals surface area contributed by atoms with E-state index in [2.05, 4.69) is 36.6 Å². The Morgan fingerprint density at radius 2 is 1.87 bits per heavy atom. The predicted octanol–water partition coefficient (Wildman–Crippen LogP) is 5.06. The lowest BCUT2D eigenvalue weighted by molar-refractivity contribution is -0.115. The molecule has 1 amide bonds. The van der Waals surface area contributed by atoms with E-state index in [0.29, 0.717) is 16.5 Å². The summed E-state index contributed by atoms with van der Waals surface area (Å²) in [6.07, 6.45) is 7.15. The molecule has 0 saturated carbocycles. The Labute approximate surface area is 186 Å². The highest BCUT2D eigenvalue weighted by Gasteiger charge is 2.26. The smallest absolute Gasteiger partial charge is 0.341 e. The van der Waals surface area contributed by atoms with Crippen LogP contribution in [0.25, 0.3) is 6.08 Å². The lowest BCUT2D eigenvalue weighted by Gasteiger charge is -2.12. The molecule has 0 radical (unpaired) electrons. The van der Waals surface area contributed by atoms with Crippen LogP contribution in [0.5, 0.6) is 0 Å². The predicted molar refractivity (Wildman–Crippen MR) is 126 cm³/mol. The molecule has 0 bridgehead atoms. The van der Waals surface area contributed by atoms with Crippen LogP contribution >= 0.6 is 23.6 Å². The van der Waals surface area contributed by atoms with Gasteiger partial charge in [-0.3, -0.25) is 10.1 Å². The Hall–Kier alpha value is -2.51. The molecule has 3 rings (SSSR count). The zero-order chi connectivity index (χ0) is 21.7. The van der Waals surface area contributed by atoms with Crippen LogP contribution < -0.4 is 10.6 Å². The topological polar surface area (TPSA) is 67.4 Å². The van der Waals surface area contributed by atoms with Crippen molar-refractivity contribution in [1.82, 2.24) is 5.32 Å². The molecule has 0 spiro atoms. The van der Waals surface area contributed by atoms with E-state index in [1.165, 1.54) is 35.0 Å².